The molecule has 0 fully saturated rings. The average molecular weight is 517 g/mol. The summed E-state index contributed by atoms with van der Waals surface area (Å²) in [5.74, 6) is -0.211. The molecule has 0 saturated heterocycles. The van der Waals surface area contributed by atoms with E-state index in [1.807, 2.05) is 0 Å². The quantitative estimate of drug-likeness (QED) is 0.239. The van der Waals surface area contributed by atoms with Crippen LogP contribution in [0.2, 0.25) is 5.02 Å². The van der Waals surface area contributed by atoms with Gasteiger partial charge < -0.3 is 18.6 Å². The number of furan rings is 1. The number of hydrogen-bond acceptors (Lipinski definition) is 7. The summed E-state index contributed by atoms with van der Waals surface area (Å²) in [5.41, 5.74) is 1.02. The van der Waals surface area contributed by atoms with Gasteiger partial charge in [-0.3, -0.25) is 0 Å². The Kier molecular flexibility index (Phi) is 6.43. The summed E-state index contributed by atoms with van der Waals surface area (Å²) in [6.07, 6.45) is 3.00. The number of carbonyl (C=O) groups excluding carboxylic acids is 2. The van der Waals surface area contributed by atoms with Gasteiger partial charge in [0, 0.05) is 5.02 Å². The first-order valence-electron chi connectivity index (χ1n) is 9.45. The van der Waals surface area contributed by atoms with Crippen molar-refractivity contribution in [2.75, 3.05) is 6.61 Å². The lowest BCUT2D eigenvalue weighted by Gasteiger charge is -2.13. The average Bonchev–Trinajstić information content (AvgIpc) is 3.41. The van der Waals surface area contributed by atoms with E-state index in [4.69, 9.17) is 30.2 Å². The number of ether oxygens (including phenoxy) is 3. The lowest BCUT2D eigenvalue weighted by atomic mass is 10.1. The lowest BCUT2D eigenvalue weighted by molar-refractivity contribution is -0.130. The van der Waals surface area contributed by atoms with Gasteiger partial charge in [0.25, 0.3) is 5.90 Å². The maximum Gasteiger partial charge on any atom is 0.363 e. The van der Waals surface area contributed by atoms with Gasteiger partial charge >= 0.3 is 11.9 Å². The van der Waals surface area contributed by atoms with Crippen LogP contribution in [0.4, 0.5) is 0 Å². The maximum absolute atomic E-state index is 12.5. The van der Waals surface area contributed by atoms with Gasteiger partial charge in [-0.25, -0.2) is 14.6 Å². The zero-order valence-corrected chi connectivity index (χ0v) is 19.0. The highest BCUT2D eigenvalue weighted by molar-refractivity contribution is 9.10. The Morgan fingerprint density at radius 1 is 1.22 bits per heavy atom. The molecule has 1 aromatic heterocycles. The minimum Gasteiger partial charge on any atom is -0.490 e. The first-order chi connectivity index (χ1) is 15.4. The van der Waals surface area contributed by atoms with Gasteiger partial charge in [0.05, 0.1) is 22.9 Å². The first kappa shape index (κ1) is 21.9. The van der Waals surface area contributed by atoms with Crippen LogP contribution in [0.3, 0.4) is 0 Å². The zero-order valence-electron chi connectivity index (χ0n) is 16.6. The van der Waals surface area contributed by atoms with E-state index >= 15 is 0 Å². The monoisotopic (exact) mass is 515 g/mol. The molecule has 2 aromatic carbocycles. The van der Waals surface area contributed by atoms with Crippen LogP contribution in [0.15, 0.2) is 74.4 Å². The second kappa shape index (κ2) is 9.42. The molecule has 0 bridgehead atoms. The fourth-order valence-corrected chi connectivity index (χ4v) is 3.51. The molecule has 0 N–H and O–H groups in total. The standard InChI is InChI=1S/C23H15BrClNO6/c1-2-29-19-12-13(11-17-23(28)32-21(26-17)18-4-3-9-30-18)10-16(24)20(19)31-22(27)14-5-7-15(25)8-6-14/h3-12H,2H2,1H3/b17-11-. The van der Waals surface area contributed by atoms with E-state index in [-0.39, 0.29) is 17.3 Å². The number of nitrogens with zero attached hydrogens (tertiary/aromatic N) is 1. The van der Waals surface area contributed by atoms with Crippen LogP contribution in [-0.2, 0) is 9.53 Å². The maximum atomic E-state index is 12.5. The highest BCUT2D eigenvalue weighted by Crippen LogP contribution is 2.38. The molecule has 1 aliphatic heterocycles. The van der Waals surface area contributed by atoms with Crippen LogP contribution < -0.4 is 9.47 Å². The van der Waals surface area contributed by atoms with Gasteiger partial charge in [0.2, 0.25) is 0 Å². The van der Waals surface area contributed by atoms with Crippen molar-refractivity contribution < 1.29 is 28.2 Å². The van der Waals surface area contributed by atoms with Gasteiger partial charge in [-0.15, -0.1) is 0 Å². The van der Waals surface area contributed by atoms with Gasteiger partial charge in [-0.05, 0) is 83.0 Å². The molecular weight excluding hydrogens is 502 g/mol. The molecule has 0 amide bonds. The van der Waals surface area contributed by atoms with Crippen LogP contribution in [0.1, 0.15) is 28.6 Å². The largest absolute Gasteiger partial charge is 0.490 e. The molecule has 7 nitrogen and oxygen atoms in total. The van der Waals surface area contributed by atoms with E-state index in [9.17, 15) is 9.59 Å². The van der Waals surface area contributed by atoms with Crippen molar-refractivity contribution in [1.82, 2.24) is 0 Å². The van der Waals surface area contributed by atoms with Crippen molar-refractivity contribution in [3.8, 4) is 11.5 Å². The molecule has 1 aliphatic rings. The van der Waals surface area contributed by atoms with Crippen molar-refractivity contribution in [3.63, 3.8) is 0 Å². The van der Waals surface area contributed by atoms with Crippen LogP contribution in [0, 0.1) is 0 Å². The third kappa shape index (κ3) is 4.76. The normalized spacial score (nSPS) is 14.3. The van der Waals surface area contributed by atoms with E-state index < -0.39 is 11.9 Å². The van der Waals surface area contributed by atoms with E-state index in [2.05, 4.69) is 20.9 Å². The molecule has 0 spiro atoms. The van der Waals surface area contributed by atoms with Crippen molar-refractivity contribution in [2.45, 2.75) is 6.92 Å². The van der Waals surface area contributed by atoms with Gasteiger partial charge in [-0.1, -0.05) is 11.6 Å². The van der Waals surface area contributed by atoms with Crippen LogP contribution in [0.5, 0.6) is 11.5 Å². The zero-order chi connectivity index (χ0) is 22.7. The molecule has 0 radical (unpaired) electrons. The molecule has 0 saturated carbocycles. The second-order valence-electron chi connectivity index (χ2n) is 6.47. The Morgan fingerprint density at radius 2 is 2.00 bits per heavy atom. The Morgan fingerprint density at radius 3 is 2.69 bits per heavy atom. The summed E-state index contributed by atoms with van der Waals surface area (Å²) in [7, 11) is 0. The summed E-state index contributed by atoms with van der Waals surface area (Å²) in [4.78, 5) is 28.9. The smallest absolute Gasteiger partial charge is 0.363 e. The summed E-state index contributed by atoms with van der Waals surface area (Å²) in [6.45, 7) is 2.14. The lowest BCUT2D eigenvalue weighted by Crippen LogP contribution is -2.10. The Balaban J connectivity index is 1.64. The third-order valence-corrected chi connectivity index (χ3v) is 5.10. The Bertz CT molecular complexity index is 1230. The summed E-state index contributed by atoms with van der Waals surface area (Å²) in [6, 6.07) is 13.0. The molecule has 32 heavy (non-hydrogen) atoms. The highest BCUT2D eigenvalue weighted by atomic mass is 79.9. The Hall–Kier alpha value is -3.36. The van der Waals surface area contributed by atoms with E-state index in [0.717, 1.165) is 0 Å². The number of cyclic esters (lactones) is 1. The van der Waals surface area contributed by atoms with Crippen molar-refractivity contribution in [3.05, 3.63) is 86.9 Å². The number of carbonyl (C=O) groups is 2. The fraction of sp³-hybridized carbons (Fsp3) is 0.0870. The second-order valence-corrected chi connectivity index (χ2v) is 7.76. The van der Waals surface area contributed by atoms with Crippen molar-refractivity contribution >= 4 is 51.4 Å². The molecule has 9 heteroatoms. The van der Waals surface area contributed by atoms with Crippen molar-refractivity contribution in [1.29, 1.82) is 0 Å². The predicted molar refractivity (Wildman–Crippen MR) is 121 cm³/mol. The van der Waals surface area contributed by atoms with E-state index in [0.29, 0.717) is 38.7 Å². The summed E-state index contributed by atoms with van der Waals surface area (Å²) in [5, 5.41) is 0.512. The third-order valence-electron chi connectivity index (χ3n) is 4.26. The number of hydrogen-bond donors (Lipinski definition) is 0. The minimum atomic E-state index is -0.608. The number of benzene rings is 2. The first-order valence-corrected chi connectivity index (χ1v) is 10.6. The molecular formula is C23H15BrClNO6. The summed E-state index contributed by atoms with van der Waals surface area (Å²) >= 11 is 9.29. The molecule has 162 valence electrons. The fourth-order valence-electron chi connectivity index (χ4n) is 2.84. The SMILES string of the molecule is CCOc1cc(/C=C2\N=C(c3ccco3)OC2=O)cc(Br)c1OC(=O)c1ccc(Cl)cc1. The molecule has 2 heterocycles. The number of esters is 2. The van der Waals surface area contributed by atoms with Crippen LogP contribution in [0.25, 0.3) is 6.08 Å². The van der Waals surface area contributed by atoms with Gasteiger partial charge in [-0.2, -0.15) is 0 Å². The summed E-state index contributed by atoms with van der Waals surface area (Å²) < 4.78 is 22.1. The predicted octanol–water partition coefficient (Wildman–Crippen LogP) is 5.66. The van der Waals surface area contributed by atoms with Crippen molar-refractivity contribution in [2.24, 2.45) is 4.99 Å². The number of halogens is 2. The van der Waals surface area contributed by atoms with Crippen LogP contribution >= 0.6 is 27.5 Å². The highest BCUT2D eigenvalue weighted by Gasteiger charge is 2.26. The number of rotatable bonds is 6. The van der Waals surface area contributed by atoms with E-state index in [1.54, 1.807) is 55.5 Å². The van der Waals surface area contributed by atoms with Crippen LogP contribution in [-0.4, -0.2) is 24.4 Å². The number of aliphatic imine (C=N–C) groups is 1. The molecule has 4 rings (SSSR count). The van der Waals surface area contributed by atoms with E-state index in [1.165, 1.54) is 12.3 Å². The van der Waals surface area contributed by atoms with Gasteiger partial charge in [0.15, 0.2) is 23.0 Å². The minimum absolute atomic E-state index is 0.0869. The molecule has 0 unspecified atom stereocenters. The Labute approximate surface area is 196 Å². The molecule has 0 atom stereocenters. The topological polar surface area (TPSA) is 87.3 Å². The molecule has 0 aliphatic carbocycles. The molecule has 3 aromatic rings. The van der Waals surface area contributed by atoms with Gasteiger partial charge in [0.1, 0.15) is 0 Å².